The van der Waals surface area contributed by atoms with Gasteiger partial charge < -0.3 is 18.3 Å². The fourth-order valence-corrected chi connectivity index (χ4v) is 5.72. The maximum Gasteiger partial charge on any atom is 0.519 e. The second kappa shape index (κ2) is 13.9. The second-order valence-corrected chi connectivity index (χ2v) is 23.9. The average Bonchev–Trinajstić information content (AvgIpc) is 2.99. The summed E-state index contributed by atoms with van der Waals surface area (Å²) in [5.74, 6) is 1.39. The van der Waals surface area contributed by atoms with E-state index in [1.807, 2.05) is 24.3 Å². The highest BCUT2D eigenvalue weighted by atomic mass is 28.4. The van der Waals surface area contributed by atoms with E-state index in [4.69, 9.17) is 28.3 Å². The summed E-state index contributed by atoms with van der Waals surface area (Å²) in [6.07, 6.45) is 2.46. The Hall–Kier alpha value is -3.78. The van der Waals surface area contributed by atoms with Crippen molar-refractivity contribution in [2.75, 3.05) is 0 Å². The molecule has 0 unspecified atom stereocenters. The maximum absolute atomic E-state index is 13.1. The molecule has 0 N–H and O–H groups in total. The molecule has 4 aromatic rings. The van der Waals surface area contributed by atoms with Crippen molar-refractivity contribution in [1.29, 1.82) is 0 Å². The molecule has 2 aromatic heterocycles. The SMILES string of the molecule is CC(C)(C)[Si](C)(C)OCc1ccnc(-c2ccccc2OC(=O)Oc2ccccc2-c2nccc(CO[Si](C)(C)C(C)(C)C)n2)n1. The molecule has 2 heterocycles. The number of ether oxygens (including phenoxy) is 2. The van der Waals surface area contributed by atoms with E-state index >= 15 is 0 Å². The van der Waals surface area contributed by atoms with E-state index in [0.29, 0.717) is 36.0 Å². The molecular weight excluding hydrogens is 613 g/mol. The van der Waals surface area contributed by atoms with E-state index in [1.54, 1.807) is 48.8 Å². The van der Waals surface area contributed by atoms with Crippen LogP contribution < -0.4 is 9.47 Å². The van der Waals surface area contributed by atoms with Gasteiger partial charge in [0.25, 0.3) is 0 Å². The summed E-state index contributed by atoms with van der Waals surface area (Å²) in [4.78, 5) is 31.5. The van der Waals surface area contributed by atoms with Crippen molar-refractivity contribution < 1.29 is 23.1 Å². The van der Waals surface area contributed by atoms with Crippen molar-refractivity contribution in [3.63, 3.8) is 0 Å². The number of carbonyl (C=O) groups excluding carboxylic acids is 1. The Morgan fingerprint density at radius 3 is 1.35 bits per heavy atom. The van der Waals surface area contributed by atoms with Crippen molar-refractivity contribution in [3.05, 3.63) is 84.4 Å². The van der Waals surface area contributed by atoms with Crippen molar-refractivity contribution in [3.8, 4) is 34.3 Å². The summed E-state index contributed by atoms with van der Waals surface area (Å²) in [6.45, 7) is 22.8. The molecule has 11 heteroatoms. The Labute approximate surface area is 275 Å². The lowest BCUT2D eigenvalue weighted by molar-refractivity contribution is 0.152. The molecule has 244 valence electrons. The lowest BCUT2D eigenvalue weighted by Gasteiger charge is -2.36. The second-order valence-electron chi connectivity index (χ2n) is 14.3. The van der Waals surface area contributed by atoms with E-state index < -0.39 is 22.8 Å². The van der Waals surface area contributed by atoms with Gasteiger partial charge in [-0.15, -0.1) is 0 Å². The number of hydrogen-bond acceptors (Lipinski definition) is 9. The highest BCUT2D eigenvalue weighted by molar-refractivity contribution is 6.74. The van der Waals surface area contributed by atoms with Gasteiger partial charge in [0.2, 0.25) is 0 Å². The smallest absolute Gasteiger partial charge is 0.411 e. The maximum atomic E-state index is 13.1. The van der Waals surface area contributed by atoms with Crippen LogP contribution in [-0.4, -0.2) is 42.7 Å². The number of aromatic nitrogens is 4. The lowest BCUT2D eigenvalue weighted by atomic mass is 10.2. The number of hydrogen-bond donors (Lipinski definition) is 0. The zero-order valence-corrected chi connectivity index (χ0v) is 30.7. The molecule has 0 saturated carbocycles. The summed E-state index contributed by atoms with van der Waals surface area (Å²) in [5, 5.41) is 0.159. The van der Waals surface area contributed by atoms with Gasteiger partial charge in [-0.25, -0.2) is 24.7 Å². The summed E-state index contributed by atoms with van der Waals surface area (Å²) < 4.78 is 24.1. The Balaban J connectivity index is 1.50. The van der Waals surface area contributed by atoms with Gasteiger partial charge in [0.05, 0.1) is 35.7 Å². The summed E-state index contributed by atoms with van der Waals surface area (Å²) in [6, 6.07) is 17.9. The highest BCUT2D eigenvalue weighted by Crippen LogP contribution is 2.38. The third-order valence-corrected chi connectivity index (χ3v) is 17.8. The van der Waals surface area contributed by atoms with E-state index in [2.05, 4.69) is 77.7 Å². The van der Waals surface area contributed by atoms with Gasteiger partial charge >= 0.3 is 6.16 Å². The molecule has 0 fully saturated rings. The summed E-state index contributed by atoms with van der Waals surface area (Å²) >= 11 is 0. The minimum absolute atomic E-state index is 0.0797. The van der Waals surface area contributed by atoms with Crippen molar-refractivity contribution >= 4 is 22.8 Å². The minimum atomic E-state index is -1.97. The standard InChI is InChI=1S/C35H46N4O5Si2/c1-34(2,3)45(7,8)41-23-25-19-21-36-31(38-25)27-15-11-13-17-29(27)43-33(40)44-30-18-14-12-16-28(30)32-37-22-20-26(39-32)24-42-46(9,10)35(4,5)6/h11-22H,23-24H2,1-10H3. The molecule has 0 radical (unpaired) electrons. The Morgan fingerprint density at radius 2 is 0.978 bits per heavy atom. The Kier molecular flexibility index (Phi) is 10.6. The molecule has 0 spiro atoms. The number of carbonyl (C=O) groups is 1. The first-order valence-corrected chi connectivity index (χ1v) is 21.3. The van der Waals surface area contributed by atoms with E-state index in [0.717, 1.165) is 11.4 Å². The van der Waals surface area contributed by atoms with Crippen molar-refractivity contribution in [1.82, 2.24) is 19.9 Å². The first-order chi connectivity index (χ1) is 21.5. The number of para-hydroxylation sites is 2. The molecule has 0 aliphatic carbocycles. The summed E-state index contributed by atoms with van der Waals surface area (Å²) in [7, 11) is -3.93. The molecule has 9 nitrogen and oxygen atoms in total. The topological polar surface area (TPSA) is 106 Å². The molecule has 0 aliphatic rings. The van der Waals surface area contributed by atoms with Crippen LogP contribution in [0.2, 0.25) is 36.3 Å². The molecule has 0 bridgehead atoms. The van der Waals surface area contributed by atoms with Crippen LogP contribution in [0.3, 0.4) is 0 Å². The molecule has 46 heavy (non-hydrogen) atoms. The van der Waals surface area contributed by atoms with Crippen LogP contribution in [0.5, 0.6) is 11.5 Å². The Bertz CT molecular complexity index is 1540. The largest absolute Gasteiger partial charge is 0.519 e. The number of benzene rings is 2. The van der Waals surface area contributed by atoms with E-state index in [1.165, 1.54) is 0 Å². The average molecular weight is 659 g/mol. The fraction of sp³-hybridized carbons (Fsp3) is 0.400. The van der Waals surface area contributed by atoms with Gasteiger partial charge in [0.15, 0.2) is 28.3 Å². The van der Waals surface area contributed by atoms with Gasteiger partial charge in [0.1, 0.15) is 11.5 Å². The quantitative estimate of drug-likeness (QED) is 0.0936. The van der Waals surface area contributed by atoms with Crippen LogP contribution in [0, 0.1) is 0 Å². The molecule has 0 atom stereocenters. The van der Waals surface area contributed by atoms with Crippen LogP contribution in [-0.2, 0) is 22.1 Å². The zero-order chi connectivity index (χ0) is 33.8. The molecular formula is C35H46N4O5Si2. The van der Waals surface area contributed by atoms with Crippen molar-refractivity contribution in [2.45, 2.75) is 91.0 Å². The first kappa shape index (κ1) is 35.1. The first-order valence-electron chi connectivity index (χ1n) is 15.5. The monoisotopic (exact) mass is 658 g/mol. The van der Waals surface area contributed by atoms with Gasteiger partial charge in [-0.1, -0.05) is 65.8 Å². The predicted octanol–water partition coefficient (Wildman–Crippen LogP) is 9.22. The van der Waals surface area contributed by atoms with E-state index in [9.17, 15) is 4.79 Å². The normalized spacial score (nSPS) is 12.6. The molecule has 4 rings (SSSR count). The predicted molar refractivity (Wildman–Crippen MR) is 186 cm³/mol. The Morgan fingerprint density at radius 1 is 0.609 bits per heavy atom. The zero-order valence-electron chi connectivity index (χ0n) is 28.7. The lowest BCUT2D eigenvalue weighted by Crippen LogP contribution is -2.40. The third kappa shape index (κ3) is 8.72. The minimum Gasteiger partial charge on any atom is -0.411 e. The third-order valence-electron chi connectivity index (χ3n) is 8.84. The van der Waals surface area contributed by atoms with Crippen LogP contribution >= 0.6 is 0 Å². The van der Waals surface area contributed by atoms with E-state index in [-0.39, 0.29) is 21.6 Å². The molecule has 2 aromatic carbocycles. The number of nitrogens with zero attached hydrogens (tertiary/aromatic N) is 4. The number of rotatable bonds is 10. The van der Waals surface area contributed by atoms with Crippen molar-refractivity contribution in [2.24, 2.45) is 0 Å². The van der Waals surface area contributed by atoms with Crippen LogP contribution in [0.4, 0.5) is 4.79 Å². The fourth-order valence-electron chi connectivity index (χ4n) is 3.84. The molecule has 0 aliphatic heterocycles. The van der Waals surface area contributed by atoms with Crippen LogP contribution in [0.15, 0.2) is 73.1 Å². The van der Waals surface area contributed by atoms with Gasteiger partial charge in [-0.2, -0.15) is 0 Å². The molecule has 0 saturated heterocycles. The van der Waals surface area contributed by atoms with Gasteiger partial charge in [0, 0.05) is 12.4 Å². The van der Waals surface area contributed by atoms with Crippen LogP contribution in [0.25, 0.3) is 22.8 Å². The van der Waals surface area contributed by atoms with Gasteiger partial charge in [-0.05, 0) is 72.7 Å². The highest BCUT2D eigenvalue weighted by Gasteiger charge is 2.38. The molecule has 0 amide bonds. The summed E-state index contributed by atoms with van der Waals surface area (Å²) in [5.41, 5.74) is 2.61. The van der Waals surface area contributed by atoms with Crippen LogP contribution in [0.1, 0.15) is 52.9 Å². The van der Waals surface area contributed by atoms with Gasteiger partial charge in [-0.3, -0.25) is 0 Å².